The number of benzene rings is 1. The van der Waals surface area contributed by atoms with E-state index in [0.717, 1.165) is 19.0 Å². The Morgan fingerprint density at radius 3 is 2.67 bits per heavy atom. The SMILES string of the molecule is Cc1c(C(=O)NCC(c2ccccc2)N2CCC(C)CC2)sc2ncn(C)c(=O)c12. The van der Waals surface area contributed by atoms with Crippen LogP contribution in [0.15, 0.2) is 41.5 Å². The number of likely N-dealkylation sites (tertiary alicyclic amines) is 1. The molecular formula is C23H28N4O2S. The van der Waals surface area contributed by atoms with Gasteiger partial charge in [-0.25, -0.2) is 4.98 Å². The summed E-state index contributed by atoms with van der Waals surface area (Å²) in [5.41, 5.74) is 1.82. The Balaban J connectivity index is 1.56. The molecule has 3 aromatic rings. The third kappa shape index (κ3) is 4.04. The lowest BCUT2D eigenvalue weighted by atomic mass is 9.95. The molecule has 1 saturated heterocycles. The van der Waals surface area contributed by atoms with Crippen molar-refractivity contribution in [1.29, 1.82) is 0 Å². The van der Waals surface area contributed by atoms with E-state index in [1.54, 1.807) is 7.05 Å². The number of nitrogens with one attached hydrogen (secondary N) is 1. The lowest BCUT2D eigenvalue weighted by Gasteiger charge is -2.37. The number of carbonyl (C=O) groups excluding carboxylic acids is 1. The van der Waals surface area contributed by atoms with Gasteiger partial charge in [0.2, 0.25) is 0 Å². The van der Waals surface area contributed by atoms with Crippen LogP contribution in [0.1, 0.15) is 46.6 Å². The summed E-state index contributed by atoms with van der Waals surface area (Å²) >= 11 is 1.29. The second-order valence-electron chi connectivity index (χ2n) is 8.25. The highest BCUT2D eigenvalue weighted by molar-refractivity contribution is 7.20. The van der Waals surface area contributed by atoms with E-state index in [0.29, 0.717) is 27.2 Å². The Morgan fingerprint density at radius 1 is 1.27 bits per heavy atom. The van der Waals surface area contributed by atoms with Crippen molar-refractivity contribution in [2.75, 3.05) is 19.6 Å². The molecule has 0 radical (unpaired) electrons. The van der Waals surface area contributed by atoms with Crippen LogP contribution < -0.4 is 10.9 Å². The topological polar surface area (TPSA) is 67.2 Å². The van der Waals surface area contributed by atoms with E-state index in [2.05, 4.69) is 34.3 Å². The van der Waals surface area contributed by atoms with E-state index in [1.807, 2.05) is 25.1 Å². The predicted octanol–water partition coefficient (Wildman–Crippen LogP) is 3.51. The van der Waals surface area contributed by atoms with Gasteiger partial charge in [0.15, 0.2) is 0 Å². The number of aromatic nitrogens is 2. The summed E-state index contributed by atoms with van der Waals surface area (Å²) in [5.74, 6) is 0.618. The van der Waals surface area contributed by atoms with E-state index in [1.165, 1.54) is 40.6 Å². The predicted molar refractivity (Wildman–Crippen MR) is 121 cm³/mol. The van der Waals surface area contributed by atoms with Crippen LogP contribution in [0, 0.1) is 12.8 Å². The minimum absolute atomic E-state index is 0.114. The molecule has 1 aliphatic rings. The average Bonchev–Trinajstić information content (AvgIpc) is 3.10. The molecule has 0 aliphatic carbocycles. The highest BCUT2D eigenvalue weighted by Crippen LogP contribution is 2.28. The van der Waals surface area contributed by atoms with Gasteiger partial charge in [0, 0.05) is 13.6 Å². The number of aryl methyl sites for hydroxylation is 2. The van der Waals surface area contributed by atoms with Crippen LogP contribution in [0.3, 0.4) is 0 Å². The van der Waals surface area contributed by atoms with Crippen molar-refractivity contribution in [2.45, 2.75) is 32.7 Å². The fourth-order valence-corrected chi connectivity index (χ4v) is 5.22. The molecule has 1 fully saturated rings. The first-order valence-corrected chi connectivity index (χ1v) is 11.3. The lowest BCUT2D eigenvalue weighted by molar-refractivity contribution is 0.0916. The van der Waals surface area contributed by atoms with Gasteiger partial charge in [-0.1, -0.05) is 37.3 Å². The summed E-state index contributed by atoms with van der Waals surface area (Å²) in [5, 5.41) is 3.68. The molecule has 0 spiro atoms. The maximum absolute atomic E-state index is 13.0. The van der Waals surface area contributed by atoms with Crippen LogP contribution in [0.25, 0.3) is 10.2 Å². The summed E-state index contributed by atoms with van der Waals surface area (Å²) < 4.78 is 1.45. The van der Waals surface area contributed by atoms with Crippen molar-refractivity contribution in [3.05, 3.63) is 63.0 Å². The zero-order valence-corrected chi connectivity index (χ0v) is 18.5. The minimum atomic E-state index is -0.135. The Morgan fingerprint density at radius 2 is 1.97 bits per heavy atom. The monoisotopic (exact) mass is 424 g/mol. The quantitative estimate of drug-likeness (QED) is 0.681. The number of rotatable bonds is 5. The van der Waals surface area contributed by atoms with Crippen LogP contribution in [0.4, 0.5) is 0 Å². The molecule has 1 atom stereocenters. The van der Waals surface area contributed by atoms with Crippen LogP contribution >= 0.6 is 11.3 Å². The van der Waals surface area contributed by atoms with E-state index >= 15 is 0 Å². The summed E-state index contributed by atoms with van der Waals surface area (Å²) in [6, 6.07) is 10.5. The molecule has 3 heterocycles. The first-order chi connectivity index (χ1) is 14.5. The molecule has 0 saturated carbocycles. The number of carbonyl (C=O) groups is 1. The minimum Gasteiger partial charge on any atom is -0.349 e. The molecule has 0 bridgehead atoms. The van der Waals surface area contributed by atoms with Crippen molar-refractivity contribution in [3.8, 4) is 0 Å². The summed E-state index contributed by atoms with van der Waals surface area (Å²) in [4.78, 5) is 33.5. The fourth-order valence-electron chi connectivity index (χ4n) is 4.17. The first kappa shape index (κ1) is 20.8. The Hall–Kier alpha value is -2.51. The number of amides is 1. The number of fused-ring (bicyclic) bond motifs is 1. The van der Waals surface area contributed by atoms with Crippen molar-refractivity contribution >= 4 is 27.5 Å². The highest BCUT2D eigenvalue weighted by atomic mass is 32.1. The lowest BCUT2D eigenvalue weighted by Crippen LogP contribution is -2.41. The van der Waals surface area contributed by atoms with Crippen LogP contribution in [-0.2, 0) is 7.05 Å². The number of nitrogens with zero attached hydrogens (tertiary/aromatic N) is 3. The largest absolute Gasteiger partial charge is 0.349 e. The molecule has 1 aromatic carbocycles. The third-order valence-electron chi connectivity index (χ3n) is 6.12. The van der Waals surface area contributed by atoms with E-state index in [9.17, 15) is 9.59 Å². The summed E-state index contributed by atoms with van der Waals surface area (Å²) in [6.07, 6.45) is 3.87. The van der Waals surface area contributed by atoms with Gasteiger partial charge in [-0.2, -0.15) is 0 Å². The van der Waals surface area contributed by atoms with Gasteiger partial charge in [0.25, 0.3) is 11.5 Å². The Labute approximate surface area is 180 Å². The number of hydrogen-bond acceptors (Lipinski definition) is 5. The van der Waals surface area contributed by atoms with Crippen molar-refractivity contribution in [2.24, 2.45) is 13.0 Å². The van der Waals surface area contributed by atoms with Gasteiger partial charge >= 0.3 is 0 Å². The second kappa shape index (κ2) is 8.70. The molecule has 6 nitrogen and oxygen atoms in total. The molecule has 30 heavy (non-hydrogen) atoms. The number of thiophene rings is 1. The van der Waals surface area contributed by atoms with Crippen molar-refractivity contribution in [1.82, 2.24) is 19.8 Å². The van der Waals surface area contributed by atoms with Crippen molar-refractivity contribution < 1.29 is 4.79 Å². The molecule has 1 aliphatic heterocycles. The molecular weight excluding hydrogens is 396 g/mol. The number of hydrogen-bond donors (Lipinski definition) is 1. The summed E-state index contributed by atoms with van der Waals surface area (Å²) in [6.45, 7) is 6.75. The molecule has 158 valence electrons. The van der Waals surface area contributed by atoms with Gasteiger partial charge in [-0.15, -0.1) is 11.3 Å². The zero-order chi connectivity index (χ0) is 21.3. The zero-order valence-electron chi connectivity index (χ0n) is 17.7. The van der Waals surface area contributed by atoms with Crippen LogP contribution in [-0.4, -0.2) is 40.0 Å². The molecule has 4 rings (SSSR count). The van der Waals surface area contributed by atoms with Gasteiger partial charge in [0.05, 0.1) is 22.6 Å². The van der Waals surface area contributed by atoms with Gasteiger partial charge in [-0.05, 0) is 49.9 Å². The van der Waals surface area contributed by atoms with E-state index in [-0.39, 0.29) is 17.5 Å². The molecule has 7 heteroatoms. The molecule has 1 unspecified atom stereocenters. The average molecular weight is 425 g/mol. The van der Waals surface area contributed by atoms with E-state index in [4.69, 9.17) is 0 Å². The maximum atomic E-state index is 13.0. The molecule has 1 N–H and O–H groups in total. The fraction of sp³-hybridized carbons (Fsp3) is 0.435. The first-order valence-electron chi connectivity index (χ1n) is 10.5. The Bertz CT molecular complexity index is 1100. The van der Waals surface area contributed by atoms with Gasteiger partial charge in [0.1, 0.15) is 4.83 Å². The van der Waals surface area contributed by atoms with Gasteiger partial charge in [-0.3, -0.25) is 14.5 Å². The third-order valence-corrected chi connectivity index (χ3v) is 7.31. The molecule has 1 amide bonds. The maximum Gasteiger partial charge on any atom is 0.262 e. The van der Waals surface area contributed by atoms with Gasteiger partial charge < -0.3 is 9.88 Å². The van der Waals surface area contributed by atoms with Crippen LogP contribution in [0.5, 0.6) is 0 Å². The van der Waals surface area contributed by atoms with Crippen LogP contribution in [0.2, 0.25) is 0 Å². The number of piperidine rings is 1. The second-order valence-corrected chi connectivity index (χ2v) is 9.25. The summed E-state index contributed by atoms with van der Waals surface area (Å²) in [7, 11) is 1.68. The standard InChI is InChI=1S/C23H28N4O2S/c1-15-9-11-27(12-10-15)18(17-7-5-4-6-8-17)13-24-21(28)20-16(2)19-22(30-20)25-14-26(3)23(19)29/h4-8,14-15,18H,9-13H2,1-3H3,(H,24,28). The smallest absolute Gasteiger partial charge is 0.262 e. The van der Waals surface area contributed by atoms with Crippen molar-refractivity contribution in [3.63, 3.8) is 0 Å². The Kier molecular flexibility index (Phi) is 6.01. The highest BCUT2D eigenvalue weighted by Gasteiger charge is 2.26. The van der Waals surface area contributed by atoms with E-state index < -0.39 is 0 Å². The molecule has 2 aromatic heterocycles. The normalized spacial score (nSPS) is 16.6.